The second kappa shape index (κ2) is 9.17. The summed E-state index contributed by atoms with van der Waals surface area (Å²) >= 11 is 1.57. The Morgan fingerprint density at radius 2 is 1.86 bits per heavy atom. The molecular formula is C22H27N3O2S. The molecule has 3 aromatic rings. The summed E-state index contributed by atoms with van der Waals surface area (Å²) in [4.78, 5) is 21.7. The van der Waals surface area contributed by atoms with E-state index in [2.05, 4.69) is 24.0 Å². The third-order valence-corrected chi connectivity index (χ3v) is 5.47. The van der Waals surface area contributed by atoms with Crippen LogP contribution in [0.5, 0.6) is 5.75 Å². The average molecular weight is 398 g/mol. The highest BCUT2D eigenvalue weighted by Gasteiger charge is 2.20. The van der Waals surface area contributed by atoms with Crippen molar-refractivity contribution in [3.05, 3.63) is 53.6 Å². The molecule has 0 aliphatic rings. The van der Waals surface area contributed by atoms with Gasteiger partial charge in [0, 0.05) is 13.1 Å². The van der Waals surface area contributed by atoms with Crippen LogP contribution < -0.4 is 9.64 Å². The second-order valence-electron chi connectivity index (χ2n) is 7.07. The number of hydrogen-bond acceptors (Lipinski definition) is 5. The number of amides is 1. The largest absolute Gasteiger partial charge is 0.494 e. The third-order valence-electron chi connectivity index (χ3n) is 4.43. The van der Waals surface area contributed by atoms with Crippen molar-refractivity contribution in [2.75, 3.05) is 38.7 Å². The number of carbonyl (C=O) groups excluding carboxylic acids is 1. The number of likely N-dealkylation sites (N-methyl/N-ethyl adjacent to an activating group) is 1. The molecule has 0 spiro atoms. The van der Waals surface area contributed by atoms with Crippen molar-refractivity contribution in [2.24, 2.45) is 0 Å². The van der Waals surface area contributed by atoms with Crippen molar-refractivity contribution >= 4 is 32.6 Å². The Bertz CT molecular complexity index is 935. The molecule has 0 fully saturated rings. The number of aryl methyl sites for hydroxylation is 1. The van der Waals surface area contributed by atoms with E-state index in [9.17, 15) is 4.79 Å². The first-order valence-electron chi connectivity index (χ1n) is 9.50. The number of nitrogens with zero attached hydrogens (tertiary/aromatic N) is 3. The number of aromatic nitrogens is 1. The van der Waals surface area contributed by atoms with Crippen LogP contribution in [0.4, 0.5) is 5.13 Å². The highest BCUT2D eigenvalue weighted by atomic mass is 32.1. The molecule has 0 atom stereocenters. The molecule has 5 nitrogen and oxygen atoms in total. The summed E-state index contributed by atoms with van der Waals surface area (Å²) < 4.78 is 6.59. The topological polar surface area (TPSA) is 45.7 Å². The van der Waals surface area contributed by atoms with Gasteiger partial charge in [-0.3, -0.25) is 9.69 Å². The predicted octanol–water partition coefficient (Wildman–Crippen LogP) is 4.14. The molecule has 0 bridgehead atoms. The lowest BCUT2D eigenvalue weighted by Gasteiger charge is -2.22. The van der Waals surface area contributed by atoms with Gasteiger partial charge in [-0.2, -0.15) is 0 Å². The molecule has 0 saturated heterocycles. The third kappa shape index (κ3) is 5.09. The Hall–Kier alpha value is -2.44. The van der Waals surface area contributed by atoms with E-state index in [1.807, 2.05) is 56.3 Å². The number of fused-ring (bicyclic) bond motifs is 1. The zero-order valence-electron chi connectivity index (χ0n) is 16.9. The van der Waals surface area contributed by atoms with E-state index in [4.69, 9.17) is 9.72 Å². The van der Waals surface area contributed by atoms with Crippen LogP contribution >= 0.6 is 11.3 Å². The fourth-order valence-corrected chi connectivity index (χ4v) is 4.01. The minimum atomic E-state index is 0.0572. The number of hydrogen-bond donors (Lipinski definition) is 0. The molecule has 0 N–H and O–H groups in total. The number of rotatable bonds is 8. The zero-order valence-corrected chi connectivity index (χ0v) is 17.8. The second-order valence-corrected chi connectivity index (χ2v) is 8.08. The summed E-state index contributed by atoms with van der Waals surface area (Å²) in [5.41, 5.74) is 3.11. The maximum atomic E-state index is 13.1. The van der Waals surface area contributed by atoms with Crippen LogP contribution in [-0.4, -0.2) is 49.6 Å². The summed E-state index contributed by atoms with van der Waals surface area (Å²) in [6, 6.07) is 13.9. The number of ether oxygens (including phenoxy) is 1. The van der Waals surface area contributed by atoms with E-state index in [1.54, 1.807) is 11.3 Å². The van der Waals surface area contributed by atoms with Gasteiger partial charge in [0.05, 0.1) is 23.2 Å². The highest BCUT2D eigenvalue weighted by molar-refractivity contribution is 7.22. The van der Waals surface area contributed by atoms with Crippen molar-refractivity contribution < 1.29 is 9.53 Å². The van der Waals surface area contributed by atoms with Gasteiger partial charge >= 0.3 is 0 Å². The van der Waals surface area contributed by atoms with E-state index < -0.39 is 0 Å². The summed E-state index contributed by atoms with van der Waals surface area (Å²) in [5.74, 6) is 0.881. The van der Waals surface area contributed by atoms with Gasteiger partial charge in [-0.1, -0.05) is 29.5 Å². The lowest BCUT2D eigenvalue weighted by Crippen LogP contribution is -2.37. The molecule has 0 aliphatic carbocycles. The maximum absolute atomic E-state index is 13.1. The molecule has 1 amide bonds. The molecule has 0 radical (unpaired) electrons. The van der Waals surface area contributed by atoms with Gasteiger partial charge in [-0.25, -0.2) is 4.98 Å². The quantitative estimate of drug-likeness (QED) is 0.573. The first kappa shape index (κ1) is 20.3. The van der Waals surface area contributed by atoms with E-state index in [0.717, 1.165) is 33.2 Å². The molecule has 3 rings (SSSR count). The number of anilines is 1. The molecule has 148 valence electrons. The molecule has 1 aromatic heterocycles. The first-order valence-corrected chi connectivity index (χ1v) is 10.3. The average Bonchev–Trinajstić information content (AvgIpc) is 3.06. The molecular weight excluding hydrogens is 370 g/mol. The maximum Gasteiger partial charge on any atom is 0.233 e. The van der Waals surface area contributed by atoms with E-state index in [0.29, 0.717) is 19.6 Å². The van der Waals surface area contributed by atoms with Gasteiger partial charge in [0.1, 0.15) is 5.75 Å². The zero-order chi connectivity index (χ0) is 20.1. The molecule has 0 saturated carbocycles. The van der Waals surface area contributed by atoms with Gasteiger partial charge < -0.3 is 9.64 Å². The Labute approximate surface area is 170 Å². The minimum absolute atomic E-state index is 0.0572. The lowest BCUT2D eigenvalue weighted by atomic mass is 10.1. The van der Waals surface area contributed by atoms with Crippen LogP contribution in [0.25, 0.3) is 10.2 Å². The van der Waals surface area contributed by atoms with Crippen molar-refractivity contribution in [1.82, 2.24) is 9.88 Å². The fraction of sp³-hybridized carbons (Fsp3) is 0.364. The Kier molecular flexibility index (Phi) is 6.65. The Morgan fingerprint density at radius 1 is 1.11 bits per heavy atom. The van der Waals surface area contributed by atoms with E-state index >= 15 is 0 Å². The summed E-state index contributed by atoms with van der Waals surface area (Å²) in [7, 11) is 4.02. The molecule has 1 heterocycles. The Morgan fingerprint density at radius 3 is 2.54 bits per heavy atom. The van der Waals surface area contributed by atoms with Crippen LogP contribution in [0.2, 0.25) is 0 Å². The summed E-state index contributed by atoms with van der Waals surface area (Å²) in [6.07, 6.45) is 0.342. The van der Waals surface area contributed by atoms with E-state index in [-0.39, 0.29) is 5.91 Å². The monoisotopic (exact) mass is 397 g/mol. The van der Waals surface area contributed by atoms with Gasteiger partial charge in [0.15, 0.2) is 5.13 Å². The lowest BCUT2D eigenvalue weighted by molar-refractivity contribution is -0.118. The minimum Gasteiger partial charge on any atom is -0.494 e. The van der Waals surface area contributed by atoms with Crippen molar-refractivity contribution in [2.45, 2.75) is 20.3 Å². The number of benzene rings is 2. The van der Waals surface area contributed by atoms with Gasteiger partial charge in [0.25, 0.3) is 0 Å². The van der Waals surface area contributed by atoms with Crippen molar-refractivity contribution in [3.63, 3.8) is 0 Å². The highest BCUT2D eigenvalue weighted by Crippen LogP contribution is 2.30. The summed E-state index contributed by atoms with van der Waals surface area (Å²) in [6.45, 7) is 6.05. The van der Waals surface area contributed by atoms with Crippen molar-refractivity contribution in [1.29, 1.82) is 0 Å². The Balaban J connectivity index is 1.82. The van der Waals surface area contributed by atoms with Gasteiger partial charge in [-0.15, -0.1) is 0 Å². The van der Waals surface area contributed by atoms with Crippen molar-refractivity contribution in [3.8, 4) is 5.75 Å². The van der Waals surface area contributed by atoms with Gasteiger partial charge in [-0.05, 0) is 63.3 Å². The first-order chi connectivity index (χ1) is 13.5. The van der Waals surface area contributed by atoms with E-state index in [1.165, 1.54) is 5.56 Å². The van der Waals surface area contributed by atoms with Crippen LogP contribution in [0, 0.1) is 6.92 Å². The summed E-state index contributed by atoms with van der Waals surface area (Å²) in [5, 5.41) is 0.762. The molecule has 0 aliphatic heterocycles. The molecule has 28 heavy (non-hydrogen) atoms. The van der Waals surface area contributed by atoms with Gasteiger partial charge in [0.2, 0.25) is 5.91 Å². The number of carbonyl (C=O) groups is 1. The fourth-order valence-electron chi connectivity index (χ4n) is 2.90. The molecule has 6 heteroatoms. The predicted molar refractivity (Wildman–Crippen MR) is 117 cm³/mol. The normalized spacial score (nSPS) is 11.2. The van der Waals surface area contributed by atoms with Crippen LogP contribution in [-0.2, 0) is 11.2 Å². The standard InChI is InChI=1S/C22H27N3O2S/c1-5-27-18-9-7-17(8-10-18)15-21(26)25(13-12-24(3)4)22-23-19-11-6-16(2)14-20(19)28-22/h6-11,14H,5,12-13,15H2,1-4H3. The van der Waals surface area contributed by atoms with Crippen LogP contribution in [0.3, 0.4) is 0 Å². The van der Waals surface area contributed by atoms with Crippen LogP contribution in [0.1, 0.15) is 18.1 Å². The smallest absolute Gasteiger partial charge is 0.233 e. The SMILES string of the molecule is CCOc1ccc(CC(=O)N(CCN(C)C)c2nc3ccc(C)cc3s2)cc1. The van der Waals surface area contributed by atoms with Crippen LogP contribution in [0.15, 0.2) is 42.5 Å². The number of thiazole rings is 1. The molecule has 0 unspecified atom stereocenters. The molecule has 2 aromatic carbocycles.